The quantitative estimate of drug-likeness (QED) is 0.541. The molecule has 4 rings (SSSR count). The number of sulfonamides is 1. The first kappa shape index (κ1) is 20.2. The van der Waals surface area contributed by atoms with Crippen LogP contribution >= 0.6 is 27.3 Å². The minimum Gasteiger partial charge on any atom is -0.335 e. The Kier molecular flexibility index (Phi) is 5.81. The zero-order chi connectivity index (χ0) is 20.4. The number of thiophene rings is 1. The van der Waals surface area contributed by atoms with Gasteiger partial charge in [0.1, 0.15) is 4.21 Å². The summed E-state index contributed by atoms with van der Waals surface area (Å²) in [4.78, 5) is 14.4. The molecule has 0 atom stereocenters. The third-order valence-corrected chi connectivity index (χ3v) is 8.60. The van der Waals surface area contributed by atoms with E-state index in [2.05, 4.69) is 26.2 Å². The third kappa shape index (κ3) is 4.42. The molecule has 152 valence electrons. The number of rotatable bonds is 5. The molecule has 0 spiro atoms. The van der Waals surface area contributed by atoms with E-state index in [9.17, 15) is 13.2 Å². The summed E-state index contributed by atoms with van der Waals surface area (Å²) in [6, 6.07) is 13.1. The number of carbonyl (C=O) groups is 1. The lowest BCUT2D eigenvalue weighted by molar-refractivity contribution is 0.0692. The van der Waals surface area contributed by atoms with Crippen molar-refractivity contribution in [3.05, 3.63) is 63.7 Å². The van der Waals surface area contributed by atoms with Crippen LogP contribution in [0, 0.1) is 0 Å². The van der Waals surface area contributed by atoms with Crippen molar-refractivity contribution in [2.24, 2.45) is 0 Å². The average molecular weight is 496 g/mol. The van der Waals surface area contributed by atoms with Gasteiger partial charge in [-0.1, -0.05) is 35.5 Å². The summed E-state index contributed by atoms with van der Waals surface area (Å²) < 4.78 is 29.5. The third-order valence-electron chi connectivity index (χ3n) is 4.61. The van der Waals surface area contributed by atoms with Crippen LogP contribution in [0.4, 0.5) is 0 Å². The fraction of sp³-hybridized carbons (Fsp3) is 0.278. The lowest BCUT2D eigenvalue weighted by Gasteiger charge is -2.33. The summed E-state index contributed by atoms with van der Waals surface area (Å²) in [7, 11) is -3.53. The largest absolute Gasteiger partial charge is 0.335 e. The Morgan fingerprint density at radius 3 is 2.45 bits per heavy atom. The first-order chi connectivity index (χ1) is 13.9. The zero-order valence-electron chi connectivity index (χ0n) is 15.3. The molecule has 0 N–H and O–H groups in total. The Morgan fingerprint density at radius 1 is 1.07 bits per heavy atom. The number of carbonyl (C=O) groups excluding carboxylic acids is 1. The Morgan fingerprint density at radius 2 is 1.79 bits per heavy atom. The summed E-state index contributed by atoms with van der Waals surface area (Å²) in [5.41, 5.74) is 1.33. The van der Waals surface area contributed by atoms with E-state index in [1.54, 1.807) is 27.9 Å². The van der Waals surface area contributed by atoms with Gasteiger partial charge >= 0.3 is 0 Å². The Balaban J connectivity index is 1.38. The first-order valence-corrected chi connectivity index (χ1v) is 12.0. The van der Waals surface area contributed by atoms with Crippen LogP contribution in [0.25, 0.3) is 0 Å². The summed E-state index contributed by atoms with van der Waals surface area (Å²) in [5, 5.41) is 8.03. The van der Waals surface area contributed by atoms with Crippen molar-refractivity contribution < 1.29 is 13.2 Å². The number of hydrogen-bond donors (Lipinski definition) is 0. The molecule has 0 saturated carbocycles. The van der Waals surface area contributed by atoms with Crippen molar-refractivity contribution in [2.45, 2.75) is 10.8 Å². The molecule has 1 saturated heterocycles. The van der Waals surface area contributed by atoms with E-state index in [1.165, 1.54) is 15.6 Å². The number of hydrogen-bond acceptors (Lipinski definition) is 6. The summed E-state index contributed by atoms with van der Waals surface area (Å²) >= 11 is 4.47. The van der Waals surface area contributed by atoms with E-state index in [-0.39, 0.29) is 24.7 Å². The van der Waals surface area contributed by atoms with Crippen LogP contribution in [-0.4, -0.2) is 64.7 Å². The molecule has 8 nitrogen and oxygen atoms in total. The van der Waals surface area contributed by atoms with Crippen molar-refractivity contribution in [1.29, 1.82) is 0 Å². The second-order valence-electron chi connectivity index (χ2n) is 6.54. The molecular weight excluding hydrogens is 478 g/mol. The predicted octanol–water partition coefficient (Wildman–Crippen LogP) is 2.30. The van der Waals surface area contributed by atoms with Gasteiger partial charge in [0, 0.05) is 26.2 Å². The number of nitrogens with zero attached hydrogens (tertiary/aromatic N) is 5. The maximum absolute atomic E-state index is 12.7. The van der Waals surface area contributed by atoms with Gasteiger partial charge in [-0.05, 0) is 33.6 Å². The van der Waals surface area contributed by atoms with Crippen molar-refractivity contribution in [3.63, 3.8) is 0 Å². The van der Waals surface area contributed by atoms with Gasteiger partial charge in [-0.3, -0.25) is 4.79 Å². The highest BCUT2D eigenvalue weighted by Crippen LogP contribution is 2.29. The Hall–Kier alpha value is -2.08. The summed E-state index contributed by atoms with van der Waals surface area (Å²) in [6.07, 6.45) is 1.63. The minimum absolute atomic E-state index is 0.236. The second-order valence-corrected chi connectivity index (χ2v) is 11.2. The van der Waals surface area contributed by atoms with E-state index in [0.29, 0.717) is 23.8 Å². The molecule has 1 aromatic carbocycles. The molecule has 0 bridgehead atoms. The van der Waals surface area contributed by atoms with Gasteiger partial charge in [-0.2, -0.15) is 4.31 Å². The maximum Gasteiger partial charge on any atom is 0.276 e. The van der Waals surface area contributed by atoms with Gasteiger partial charge in [0.15, 0.2) is 5.69 Å². The van der Waals surface area contributed by atoms with Crippen LogP contribution in [0.3, 0.4) is 0 Å². The van der Waals surface area contributed by atoms with Crippen LogP contribution in [0.1, 0.15) is 16.1 Å². The molecule has 1 fully saturated rings. The lowest BCUT2D eigenvalue weighted by atomic mass is 10.2. The SMILES string of the molecule is O=C(c1cn(Cc2ccccc2)nn1)N1CCN(S(=O)(=O)c2ccc(Br)s2)CC1. The van der Waals surface area contributed by atoms with Gasteiger partial charge in [-0.15, -0.1) is 16.4 Å². The van der Waals surface area contributed by atoms with Gasteiger partial charge in [0.25, 0.3) is 15.9 Å². The van der Waals surface area contributed by atoms with Crippen LogP contribution in [0.2, 0.25) is 0 Å². The molecular formula is C18H18BrN5O3S2. The van der Waals surface area contributed by atoms with Gasteiger partial charge in [0.05, 0.1) is 16.5 Å². The Labute approximate surface area is 180 Å². The maximum atomic E-state index is 12.7. The molecule has 29 heavy (non-hydrogen) atoms. The van der Waals surface area contributed by atoms with Crippen molar-refractivity contribution in [3.8, 4) is 0 Å². The van der Waals surface area contributed by atoms with E-state index in [1.807, 2.05) is 30.3 Å². The van der Waals surface area contributed by atoms with Gasteiger partial charge in [-0.25, -0.2) is 13.1 Å². The van der Waals surface area contributed by atoms with E-state index >= 15 is 0 Å². The summed E-state index contributed by atoms with van der Waals surface area (Å²) in [6.45, 7) is 1.67. The highest BCUT2D eigenvalue weighted by atomic mass is 79.9. The Bertz CT molecular complexity index is 1110. The van der Waals surface area contributed by atoms with Crippen LogP contribution in [0.5, 0.6) is 0 Å². The minimum atomic E-state index is -3.53. The molecule has 1 aliphatic rings. The van der Waals surface area contributed by atoms with Crippen molar-refractivity contribution in [2.75, 3.05) is 26.2 Å². The van der Waals surface area contributed by atoms with E-state index in [0.717, 1.165) is 9.35 Å². The molecule has 11 heteroatoms. The number of aromatic nitrogens is 3. The molecule has 0 radical (unpaired) electrons. The molecule has 2 aromatic heterocycles. The number of benzene rings is 1. The molecule has 0 unspecified atom stereocenters. The van der Waals surface area contributed by atoms with Crippen LogP contribution < -0.4 is 0 Å². The van der Waals surface area contributed by atoms with Gasteiger partial charge in [0.2, 0.25) is 0 Å². The second kappa shape index (κ2) is 8.34. The van der Waals surface area contributed by atoms with Gasteiger partial charge < -0.3 is 4.90 Å². The fourth-order valence-electron chi connectivity index (χ4n) is 3.10. The average Bonchev–Trinajstić information content (AvgIpc) is 3.38. The van der Waals surface area contributed by atoms with Crippen molar-refractivity contribution >= 4 is 43.2 Å². The predicted molar refractivity (Wildman–Crippen MR) is 112 cm³/mol. The fourth-order valence-corrected chi connectivity index (χ4v) is 6.69. The number of amides is 1. The van der Waals surface area contributed by atoms with Crippen LogP contribution in [0.15, 0.2) is 56.7 Å². The smallest absolute Gasteiger partial charge is 0.276 e. The monoisotopic (exact) mass is 495 g/mol. The standard InChI is InChI=1S/C18H18BrN5O3S2/c19-16-6-7-17(28-16)29(26,27)24-10-8-22(9-11-24)18(25)15-13-23(21-20-15)12-14-4-2-1-3-5-14/h1-7,13H,8-12H2. The molecule has 1 aliphatic heterocycles. The lowest BCUT2D eigenvalue weighted by Crippen LogP contribution is -2.50. The highest BCUT2D eigenvalue weighted by molar-refractivity contribution is 9.11. The molecule has 0 aliphatic carbocycles. The number of halogens is 1. The first-order valence-electron chi connectivity index (χ1n) is 8.92. The van der Waals surface area contributed by atoms with Crippen LogP contribution in [-0.2, 0) is 16.6 Å². The van der Waals surface area contributed by atoms with E-state index in [4.69, 9.17) is 0 Å². The number of piperazine rings is 1. The van der Waals surface area contributed by atoms with E-state index < -0.39 is 10.0 Å². The molecule has 3 heterocycles. The molecule has 1 amide bonds. The summed E-state index contributed by atoms with van der Waals surface area (Å²) in [5.74, 6) is -0.236. The molecule has 3 aromatic rings. The normalized spacial score (nSPS) is 15.6. The topological polar surface area (TPSA) is 88.4 Å². The van der Waals surface area contributed by atoms with Crippen molar-refractivity contribution in [1.82, 2.24) is 24.2 Å². The highest BCUT2D eigenvalue weighted by Gasteiger charge is 2.32. The zero-order valence-corrected chi connectivity index (χ0v) is 18.5.